The van der Waals surface area contributed by atoms with Gasteiger partial charge in [-0.2, -0.15) is 0 Å². The molecular weight excluding hydrogens is 286 g/mol. The molecule has 1 atom stereocenters. The van der Waals surface area contributed by atoms with E-state index in [9.17, 15) is 0 Å². The third kappa shape index (κ3) is 2.31. The molecule has 3 nitrogen and oxygen atoms in total. The van der Waals surface area contributed by atoms with E-state index in [1.165, 1.54) is 5.56 Å². The molecule has 5 heteroatoms. The lowest BCUT2D eigenvalue weighted by Crippen LogP contribution is -2.03. The monoisotopic (exact) mass is 297 g/mol. The molecule has 0 saturated heterocycles. The Balaban J connectivity index is 2.42. The highest BCUT2D eigenvalue weighted by Gasteiger charge is 2.11. The molecule has 0 amide bonds. The van der Waals surface area contributed by atoms with Gasteiger partial charge in [-0.05, 0) is 31.5 Å². The fraction of sp³-hybridized carbons (Fsp3) is 0.273. The van der Waals surface area contributed by atoms with Gasteiger partial charge < -0.3 is 5.73 Å². The number of aryl methyl sites for hydroxylation is 1. The van der Waals surface area contributed by atoms with Crippen LogP contribution in [0.5, 0.6) is 0 Å². The molecule has 16 heavy (non-hydrogen) atoms. The van der Waals surface area contributed by atoms with Crippen LogP contribution in [0, 0.1) is 6.92 Å². The van der Waals surface area contributed by atoms with Gasteiger partial charge in [0.2, 0.25) is 0 Å². The Morgan fingerprint density at radius 2 is 2.12 bits per heavy atom. The van der Waals surface area contributed by atoms with Crippen LogP contribution in [0.15, 0.2) is 22.7 Å². The van der Waals surface area contributed by atoms with Crippen molar-refractivity contribution in [3.05, 3.63) is 33.2 Å². The number of hydrogen-bond acceptors (Lipinski definition) is 4. The Bertz CT molecular complexity index is 508. The lowest BCUT2D eigenvalue weighted by molar-refractivity contribution is 0.786. The number of nitrogens with zero attached hydrogens (tertiary/aromatic N) is 2. The largest absolute Gasteiger partial charge is 0.322 e. The van der Waals surface area contributed by atoms with Crippen molar-refractivity contribution >= 4 is 27.3 Å². The van der Waals surface area contributed by atoms with Crippen LogP contribution in [-0.4, -0.2) is 10.2 Å². The molecule has 1 unspecified atom stereocenters. The SMILES string of the molecule is Cc1cc(Br)ccc1-c1nnc(C(C)N)s1. The number of halogens is 1. The molecule has 0 spiro atoms. The van der Waals surface area contributed by atoms with E-state index < -0.39 is 0 Å². The summed E-state index contributed by atoms with van der Waals surface area (Å²) in [5, 5.41) is 10.1. The van der Waals surface area contributed by atoms with E-state index in [1.807, 2.05) is 19.1 Å². The number of aromatic nitrogens is 2. The second kappa shape index (κ2) is 4.61. The van der Waals surface area contributed by atoms with Crippen molar-refractivity contribution < 1.29 is 0 Å². The molecule has 84 valence electrons. The first-order chi connectivity index (χ1) is 7.58. The average Bonchev–Trinajstić information content (AvgIpc) is 2.66. The van der Waals surface area contributed by atoms with Crippen LogP contribution in [0.3, 0.4) is 0 Å². The summed E-state index contributed by atoms with van der Waals surface area (Å²) >= 11 is 5.00. The summed E-state index contributed by atoms with van der Waals surface area (Å²) in [6.45, 7) is 3.98. The van der Waals surface area contributed by atoms with E-state index in [4.69, 9.17) is 5.73 Å². The lowest BCUT2D eigenvalue weighted by atomic mass is 10.1. The van der Waals surface area contributed by atoms with Gasteiger partial charge in [-0.1, -0.05) is 33.3 Å². The van der Waals surface area contributed by atoms with Gasteiger partial charge in [0.25, 0.3) is 0 Å². The van der Waals surface area contributed by atoms with Crippen LogP contribution in [0.4, 0.5) is 0 Å². The number of benzene rings is 1. The highest BCUT2D eigenvalue weighted by atomic mass is 79.9. The standard InChI is InChI=1S/C11H12BrN3S/c1-6-5-8(12)3-4-9(6)11-15-14-10(16-11)7(2)13/h3-5,7H,13H2,1-2H3. The van der Waals surface area contributed by atoms with Gasteiger partial charge >= 0.3 is 0 Å². The Labute approximate surface area is 107 Å². The van der Waals surface area contributed by atoms with E-state index in [1.54, 1.807) is 11.3 Å². The molecule has 0 fully saturated rings. The minimum atomic E-state index is -0.0537. The highest BCUT2D eigenvalue weighted by molar-refractivity contribution is 9.10. The third-order valence-electron chi connectivity index (χ3n) is 2.25. The lowest BCUT2D eigenvalue weighted by Gasteiger charge is -2.01. The third-order valence-corrected chi connectivity index (χ3v) is 3.90. The summed E-state index contributed by atoms with van der Waals surface area (Å²) in [5.41, 5.74) is 8.07. The molecule has 0 bridgehead atoms. The Morgan fingerprint density at radius 1 is 1.38 bits per heavy atom. The summed E-state index contributed by atoms with van der Waals surface area (Å²) in [7, 11) is 0. The minimum absolute atomic E-state index is 0.0537. The molecule has 1 aromatic carbocycles. The molecule has 0 saturated carbocycles. The highest BCUT2D eigenvalue weighted by Crippen LogP contribution is 2.29. The maximum atomic E-state index is 5.77. The number of nitrogens with two attached hydrogens (primary N) is 1. The molecule has 0 aliphatic rings. The fourth-order valence-corrected chi connectivity index (χ4v) is 2.76. The minimum Gasteiger partial charge on any atom is -0.322 e. The Morgan fingerprint density at radius 3 is 2.69 bits per heavy atom. The summed E-state index contributed by atoms with van der Waals surface area (Å²) in [4.78, 5) is 0. The van der Waals surface area contributed by atoms with Crippen molar-refractivity contribution in [2.24, 2.45) is 5.73 Å². The number of hydrogen-bond donors (Lipinski definition) is 1. The van der Waals surface area contributed by atoms with Crippen molar-refractivity contribution in [3.63, 3.8) is 0 Å². The van der Waals surface area contributed by atoms with E-state index in [-0.39, 0.29) is 6.04 Å². The van der Waals surface area contributed by atoms with Crippen LogP contribution >= 0.6 is 27.3 Å². The first-order valence-corrected chi connectivity index (χ1v) is 6.54. The molecule has 2 aromatic rings. The quantitative estimate of drug-likeness (QED) is 0.925. The van der Waals surface area contributed by atoms with Crippen molar-refractivity contribution in [3.8, 4) is 10.6 Å². The molecule has 0 aliphatic carbocycles. The molecule has 0 radical (unpaired) electrons. The topological polar surface area (TPSA) is 51.8 Å². The van der Waals surface area contributed by atoms with Gasteiger partial charge in [-0.3, -0.25) is 0 Å². The van der Waals surface area contributed by atoms with Crippen molar-refractivity contribution in [2.75, 3.05) is 0 Å². The molecular formula is C11H12BrN3S. The first-order valence-electron chi connectivity index (χ1n) is 4.93. The second-order valence-electron chi connectivity index (χ2n) is 3.69. The first kappa shape index (κ1) is 11.7. The summed E-state index contributed by atoms with van der Waals surface area (Å²) in [6, 6.07) is 6.07. The predicted molar refractivity (Wildman–Crippen MR) is 70.4 cm³/mol. The predicted octanol–water partition coefficient (Wildman–Crippen LogP) is 3.30. The van der Waals surface area contributed by atoms with Crippen molar-refractivity contribution in [1.82, 2.24) is 10.2 Å². The second-order valence-corrected chi connectivity index (χ2v) is 5.62. The molecule has 0 aliphatic heterocycles. The van der Waals surface area contributed by atoms with Gasteiger partial charge in [0, 0.05) is 10.0 Å². The summed E-state index contributed by atoms with van der Waals surface area (Å²) < 4.78 is 1.07. The number of rotatable bonds is 2. The zero-order valence-electron chi connectivity index (χ0n) is 9.07. The van der Waals surface area contributed by atoms with E-state index in [2.05, 4.69) is 39.1 Å². The summed E-state index contributed by atoms with van der Waals surface area (Å²) in [6.07, 6.45) is 0. The van der Waals surface area contributed by atoms with Crippen LogP contribution in [0.1, 0.15) is 23.5 Å². The molecule has 2 N–H and O–H groups in total. The van der Waals surface area contributed by atoms with Gasteiger partial charge in [0.05, 0.1) is 6.04 Å². The maximum Gasteiger partial charge on any atom is 0.148 e. The smallest absolute Gasteiger partial charge is 0.148 e. The van der Waals surface area contributed by atoms with Crippen LogP contribution in [0.2, 0.25) is 0 Å². The maximum absolute atomic E-state index is 5.77. The molecule has 1 aromatic heterocycles. The van der Waals surface area contributed by atoms with Gasteiger partial charge in [-0.25, -0.2) is 0 Å². The normalized spacial score (nSPS) is 12.8. The summed E-state index contributed by atoms with van der Waals surface area (Å²) in [5.74, 6) is 0. The van der Waals surface area contributed by atoms with E-state index in [0.29, 0.717) is 0 Å². The Kier molecular flexibility index (Phi) is 3.37. The van der Waals surface area contributed by atoms with Crippen molar-refractivity contribution in [2.45, 2.75) is 19.9 Å². The van der Waals surface area contributed by atoms with Crippen LogP contribution in [-0.2, 0) is 0 Å². The zero-order valence-corrected chi connectivity index (χ0v) is 11.5. The van der Waals surface area contributed by atoms with E-state index in [0.717, 1.165) is 20.1 Å². The van der Waals surface area contributed by atoms with E-state index >= 15 is 0 Å². The van der Waals surface area contributed by atoms with Crippen LogP contribution < -0.4 is 5.73 Å². The molecule has 2 rings (SSSR count). The average molecular weight is 298 g/mol. The fourth-order valence-electron chi connectivity index (χ4n) is 1.39. The molecule has 1 heterocycles. The van der Waals surface area contributed by atoms with Gasteiger partial charge in [0.15, 0.2) is 0 Å². The van der Waals surface area contributed by atoms with Crippen LogP contribution in [0.25, 0.3) is 10.6 Å². The Hall–Kier alpha value is -0.780. The van der Waals surface area contributed by atoms with Gasteiger partial charge in [-0.15, -0.1) is 10.2 Å². The zero-order chi connectivity index (χ0) is 11.7. The van der Waals surface area contributed by atoms with Gasteiger partial charge in [0.1, 0.15) is 10.0 Å². The van der Waals surface area contributed by atoms with Crippen molar-refractivity contribution in [1.29, 1.82) is 0 Å².